The molecule has 1 atom stereocenters. The first kappa shape index (κ1) is 18.9. The summed E-state index contributed by atoms with van der Waals surface area (Å²) < 4.78 is 10.1. The van der Waals surface area contributed by atoms with Crippen LogP contribution >= 0.6 is 0 Å². The van der Waals surface area contributed by atoms with Gasteiger partial charge < -0.3 is 14.4 Å². The number of methoxy groups -OCH3 is 1. The van der Waals surface area contributed by atoms with Crippen molar-refractivity contribution in [3.8, 4) is 0 Å². The van der Waals surface area contributed by atoms with Crippen LogP contribution in [-0.4, -0.2) is 74.7 Å². The molecule has 0 N–H and O–H groups in total. The molecule has 1 fully saturated rings. The zero-order valence-electron chi connectivity index (χ0n) is 14.3. The highest BCUT2D eigenvalue weighted by molar-refractivity contribution is 5.79. The van der Waals surface area contributed by atoms with E-state index in [1.54, 1.807) is 11.8 Å². The molecule has 1 heterocycles. The van der Waals surface area contributed by atoms with Crippen molar-refractivity contribution in [1.82, 2.24) is 9.80 Å². The Bertz CT molecular complexity index is 354. The molecule has 0 aromatic rings. The molecule has 0 radical (unpaired) electrons. The van der Waals surface area contributed by atoms with E-state index in [1.807, 2.05) is 13.8 Å². The zero-order valence-corrected chi connectivity index (χ0v) is 14.3. The fourth-order valence-electron chi connectivity index (χ4n) is 2.57. The van der Waals surface area contributed by atoms with Gasteiger partial charge in [-0.15, -0.1) is 0 Å². The van der Waals surface area contributed by atoms with Crippen LogP contribution in [0.2, 0.25) is 0 Å². The van der Waals surface area contributed by atoms with E-state index < -0.39 is 0 Å². The second-order valence-electron chi connectivity index (χ2n) is 6.17. The van der Waals surface area contributed by atoms with Crippen molar-refractivity contribution in [2.75, 3.05) is 53.0 Å². The number of rotatable bonds is 8. The Kier molecular flexibility index (Phi) is 8.42. The van der Waals surface area contributed by atoms with E-state index in [0.29, 0.717) is 13.1 Å². The minimum atomic E-state index is -0.295. The topological polar surface area (TPSA) is 59.1 Å². The summed E-state index contributed by atoms with van der Waals surface area (Å²) in [6.07, 6.45) is 0.909. The molecule has 1 unspecified atom stereocenters. The Morgan fingerprint density at radius 1 is 1.23 bits per heavy atom. The van der Waals surface area contributed by atoms with E-state index >= 15 is 0 Å². The molecule has 128 valence electrons. The minimum absolute atomic E-state index is 0.0618. The number of nitrogens with zero attached hydrogens (tertiary/aromatic N) is 2. The quantitative estimate of drug-likeness (QED) is 0.626. The van der Waals surface area contributed by atoms with Gasteiger partial charge in [0.1, 0.15) is 0 Å². The van der Waals surface area contributed by atoms with Crippen LogP contribution in [-0.2, 0) is 19.1 Å². The number of esters is 1. The van der Waals surface area contributed by atoms with Crippen LogP contribution in [0.4, 0.5) is 0 Å². The molecule has 0 aromatic carbocycles. The highest BCUT2D eigenvalue weighted by atomic mass is 16.5. The molecule has 1 aliphatic heterocycles. The van der Waals surface area contributed by atoms with Gasteiger partial charge in [0.25, 0.3) is 0 Å². The normalized spacial score (nSPS) is 17.3. The number of carbonyl (C=O) groups excluding carboxylic acids is 2. The Morgan fingerprint density at radius 2 is 1.86 bits per heavy atom. The van der Waals surface area contributed by atoms with Gasteiger partial charge in [-0.1, -0.05) is 20.8 Å². The Hall–Kier alpha value is -1.14. The second-order valence-corrected chi connectivity index (χ2v) is 6.17. The summed E-state index contributed by atoms with van der Waals surface area (Å²) in [5.74, 6) is -0.531. The Morgan fingerprint density at radius 3 is 2.41 bits per heavy atom. The van der Waals surface area contributed by atoms with E-state index in [4.69, 9.17) is 9.47 Å². The highest BCUT2D eigenvalue weighted by Crippen LogP contribution is 2.09. The van der Waals surface area contributed by atoms with Gasteiger partial charge in [0, 0.05) is 38.6 Å². The zero-order chi connectivity index (χ0) is 16.5. The van der Waals surface area contributed by atoms with Crippen molar-refractivity contribution in [3.63, 3.8) is 0 Å². The average molecular weight is 314 g/mol. The maximum absolute atomic E-state index is 12.3. The molecule has 6 heteroatoms. The fraction of sp³-hybridized carbons (Fsp3) is 0.875. The van der Waals surface area contributed by atoms with Gasteiger partial charge in [0.05, 0.1) is 26.2 Å². The van der Waals surface area contributed by atoms with Gasteiger partial charge in [0.2, 0.25) is 5.91 Å². The summed E-state index contributed by atoms with van der Waals surface area (Å²) in [7, 11) is 1.38. The van der Waals surface area contributed by atoms with Crippen molar-refractivity contribution >= 4 is 11.9 Å². The molecule has 0 spiro atoms. The number of morpholine rings is 1. The van der Waals surface area contributed by atoms with Gasteiger partial charge in [-0.25, -0.2) is 0 Å². The first-order valence-corrected chi connectivity index (χ1v) is 8.12. The third-order valence-electron chi connectivity index (χ3n) is 3.91. The van der Waals surface area contributed by atoms with Gasteiger partial charge in [-0.05, 0) is 6.42 Å². The van der Waals surface area contributed by atoms with Crippen molar-refractivity contribution in [2.24, 2.45) is 11.8 Å². The summed E-state index contributed by atoms with van der Waals surface area (Å²) in [5.41, 5.74) is 0. The molecule has 1 aliphatic rings. The third kappa shape index (κ3) is 6.32. The second kappa shape index (κ2) is 9.79. The van der Waals surface area contributed by atoms with Crippen molar-refractivity contribution in [3.05, 3.63) is 0 Å². The molecule has 6 nitrogen and oxygen atoms in total. The summed E-state index contributed by atoms with van der Waals surface area (Å²) in [6.45, 7) is 11.1. The van der Waals surface area contributed by atoms with Gasteiger partial charge in [-0.3, -0.25) is 14.5 Å². The van der Waals surface area contributed by atoms with Crippen LogP contribution in [0.25, 0.3) is 0 Å². The molecule has 1 amide bonds. The van der Waals surface area contributed by atoms with Gasteiger partial charge >= 0.3 is 5.97 Å². The molecule has 0 aliphatic carbocycles. The molecule has 0 aromatic heterocycles. The van der Waals surface area contributed by atoms with Crippen LogP contribution in [0.3, 0.4) is 0 Å². The van der Waals surface area contributed by atoms with Crippen LogP contribution in [0.1, 0.15) is 27.2 Å². The number of carbonyl (C=O) groups is 2. The highest BCUT2D eigenvalue weighted by Gasteiger charge is 2.23. The maximum Gasteiger partial charge on any atom is 0.310 e. The number of ether oxygens (including phenoxy) is 2. The Balaban J connectivity index is 2.46. The van der Waals surface area contributed by atoms with Crippen molar-refractivity contribution in [2.45, 2.75) is 27.2 Å². The third-order valence-corrected chi connectivity index (χ3v) is 3.91. The molecule has 0 saturated carbocycles. The largest absolute Gasteiger partial charge is 0.469 e. The lowest BCUT2D eigenvalue weighted by atomic mass is 10.1. The maximum atomic E-state index is 12.3. The minimum Gasteiger partial charge on any atom is -0.469 e. The lowest BCUT2D eigenvalue weighted by Crippen LogP contribution is -2.42. The smallest absolute Gasteiger partial charge is 0.310 e. The predicted molar refractivity (Wildman–Crippen MR) is 84.5 cm³/mol. The first-order valence-electron chi connectivity index (χ1n) is 8.12. The monoisotopic (exact) mass is 314 g/mol. The number of hydrogen-bond donors (Lipinski definition) is 0. The van der Waals surface area contributed by atoms with Crippen LogP contribution in [0, 0.1) is 11.8 Å². The molecule has 0 bridgehead atoms. The van der Waals surface area contributed by atoms with Gasteiger partial charge in [0.15, 0.2) is 0 Å². The first-order chi connectivity index (χ1) is 10.5. The van der Waals surface area contributed by atoms with E-state index in [9.17, 15) is 9.59 Å². The summed E-state index contributed by atoms with van der Waals surface area (Å²) in [6, 6.07) is 0. The molecule has 1 saturated heterocycles. The lowest BCUT2D eigenvalue weighted by Gasteiger charge is -2.30. The molecule has 1 rings (SSSR count). The number of hydrogen-bond acceptors (Lipinski definition) is 5. The number of amides is 1. The van der Waals surface area contributed by atoms with Crippen LogP contribution in [0.15, 0.2) is 0 Å². The standard InChI is InChI=1S/C16H30N2O4/c1-13(2)15(19)18(12-14(3)16(20)21-4)7-5-6-17-8-10-22-11-9-17/h13-14H,5-12H2,1-4H3. The predicted octanol–water partition coefficient (Wildman–Crippen LogP) is 1.00. The SMILES string of the molecule is COC(=O)C(C)CN(CCCN1CCOCC1)C(=O)C(C)C. The Labute approximate surface area is 133 Å². The average Bonchev–Trinajstić information content (AvgIpc) is 2.53. The summed E-state index contributed by atoms with van der Waals surface area (Å²) in [5, 5.41) is 0. The van der Waals surface area contributed by atoms with E-state index in [-0.39, 0.29) is 23.7 Å². The van der Waals surface area contributed by atoms with Crippen molar-refractivity contribution < 1.29 is 19.1 Å². The molecular weight excluding hydrogens is 284 g/mol. The van der Waals surface area contributed by atoms with Crippen LogP contribution in [0.5, 0.6) is 0 Å². The lowest BCUT2D eigenvalue weighted by molar-refractivity contribution is -0.147. The molecular formula is C16H30N2O4. The molecule has 22 heavy (non-hydrogen) atoms. The van der Waals surface area contributed by atoms with Gasteiger partial charge in [-0.2, -0.15) is 0 Å². The summed E-state index contributed by atoms with van der Waals surface area (Å²) >= 11 is 0. The van der Waals surface area contributed by atoms with E-state index in [1.165, 1.54) is 7.11 Å². The van der Waals surface area contributed by atoms with Crippen LogP contribution < -0.4 is 0 Å². The fourth-order valence-corrected chi connectivity index (χ4v) is 2.57. The summed E-state index contributed by atoms with van der Waals surface area (Å²) in [4.78, 5) is 28.0. The van der Waals surface area contributed by atoms with Crippen molar-refractivity contribution in [1.29, 1.82) is 0 Å². The van der Waals surface area contributed by atoms with E-state index in [2.05, 4.69) is 4.90 Å². The van der Waals surface area contributed by atoms with E-state index in [0.717, 1.165) is 39.3 Å².